The van der Waals surface area contributed by atoms with E-state index in [1.54, 1.807) is 6.07 Å². The van der Waals surface area contributed by atoms with E-state index in [1.807, 2.05) is 0 Å². The van der Waals surface area contributed by atoms with E-state index >= 15 is 0 Å². The lowest BCUT2D eigenvalue weighted by atomic mass is 9.77. The van der Waals surface area contributed by atoms with Gasteiger partial charge in [-0.25, -0.2) is 9.18 Å². The lowest BCUT2D eigenvalue weighted by Gasteiger charge is -2.29. The molecule has 0 atom stereocenters. The molecule has 1 aliphatic carbocycles. The Bertz CT molecular complexity index is 476. The standard InChI is InChI=1S/C18H25FO2/c1-2-3-4-5-13-6-8-14(9-7-13)15-10-11-16(18(20)21)17(19)12-15/h10-14H,2-9H2,1H3,(H,20,21). The fourth-order valence-corrected chi connectivity index (χ4v) is 3.43. The average Bonchev–Trinajstić information content (AvgIpc) is 2.48. The molecule has 0 spiro atoms. The van der Waals surface area contributed by atoms with Crippen LogP contribution in [0.4, 0.5) is 4.39 Å². The van der Waals surface area contributed by atoms with Crippen LogP contribution in [0.15, 0.2) is 18.2 Å². The Morgan fingerprint density at radius 3 is 2.52 bits per heavy atom. The summed E-state index contributed by atoms with van der Waals surface area (Å²) in [5, 5.41) is 8.86. The third-order valence-electron chi connectivity index (χ3n) is 4.76. The first-order valence-electron chi connectivity index (χ1n) is 8.14. The quantitative estimate of drug-likeness (QED) is 0.715. The molecule has 1 aromatic carbocycles. The minimum absolute atomic E-state index is 0.230. The van der Waals surface area contributed by atoms with Gasteiger partial charge in [0.25, 0.3) is 0 Å². The van der Waals surface area contributed by atoms with Crippen LogP contribution in [0.25, 0.3) is 0 Å². The maximum Gasteiger partial charge on any atom is 0.338 e. The van der Waals surface area contributed by atoms with E-state index in [1.165, 1.54) is 50.7 Å². The zero-order valence-corrected chi connectivity index (χ0v) is 12.8. The Morgan fingerprint density at radius 2 is 1.95 bits per heavy atom. The number of unbranched alkanes of at least 4 members (excludes halogenated alkanes) is 2. The van der Waals surface area contributed by atoms with Crippen molar-refractivity contribution in [2.75, 3.05) is 0 Å². The Morgan fingerprint density at radius 1 is 1.24 bits per heavy atom. The highest BCUT2D eigenvalue weighted by atomic mass is 19.1. The molecule has 0 unspecified atom stereocenters. The summed E-state index contributed by atoms with van der Waals surface area (Å²) >= 11 is 0. The van der Waals surface area contributed by atoms with Crippen LogP contribution >= 0.6 is 0 Å². The molecule has 1 saturated carbocycles. The van der Waals surface area contributed by atoms with Crippen molar-refractivity contribution in [3.63, 3.8) is 0 Å². The van der Waals surface area contributed by atoms with Gasteiger partial charge in [-0.1, -0.05) is 38.7 Å². The number of benzene rings is 1. The molecule has 0 radical (unpaired) electrons. The molecular formula is C18H25FO2. The van der Waals surface area contributed by atoms with Crippen molar-refractivity contribution < 1.29 is 14.3 Å². The highest BCUT2D eigenvalue weighted by molar-refractivity contribution is 5.87. The molecule has 1 aliphatic rings. The summed E-state index contributed by atoms with van der Waals surface area (Å²) in [7, 11) is 0. The second-order valence-corrected chi connectivity index (χ2v) is 6.26. The van der Waals surface area contributed by atoms with Gasteiger partial charge in [0.2, 0.25) is 0 Å². The van der Waals surface area contributed by atoms with Crippen molar-refractivity contribution in [2.24, 2.45) is 5.92 Å². The molecule has 0 aliphatic heterocycles. The first-order valence-corrected chi connectivity index (χ1v) is 8.14. The van der Waals surface area contributed by atoms with Crippen LogP contribution in [0.1, 0.15) is 80.1 Å². The largest absolute Gasteiger partial charge is 0.478 e. The van der Waals surface area contributed by atoms with E-state index in [0.29, 0.717) is 5.92 Å². The van der Waals surface area contributed by atoms with Crippen LogP contribution in [0.5, 0.6) is 0 Å². The number of aromatic carboxylic acids is 1. The van der Waals surface area contributed by atoms with Gasteiger partial charge in [0, 0.05) is 0 Å². The number of halogens is 1. The summed E-state index contributed by atoms with van der Waals surface area (Å²) in [6.45, 7) is 2.23. The van der Waals surface area contributed by atoms with Gasteiger partial charge >= 0.3 is 5.97 Å². The monoisotopic (exact) mass is 292 g/mol. The third kappa shape index (κ3) is 4.29. The fourth-order valence-electron chi connectivity index (χ4n) is 3.43. The van der Waals surface area contributed by atoms with Gasteiger partial charge in [0.15, 0.2) is 0 Å². The Hall–Kier alpha value is -1.38. The molecule has 2 nitrogen and oxygen atoms in total. The highest BCUT2D eigenvalue weighted by Crippen LogP contribution is 2.38. The topological polar surface area (TPSA) is 37.3 Å². The van der Waals surface area contributed by atoms with E-state index in [-0.39, 0.29) is 5.56 Å². The van der Waals surface area contributed by atoms with Crippen LogP contribution in [-0.4, -0.2) is 11.1 Å². The summed E-state index contributed by atoms with van der Waals surface area (Å²) < 4.78 is 13.8. The van der Waals surface area contributed by atoms with E-state index in [2.05, 4.69) is 6.92 Å². The third-order valence-corrected chi connectivity index (χ3v) is 4.76. The fraction of sp³-hybridized carbons (Fsp3) is 0.611. The lowest BCUT2D eigenvalue weighted by Crippen LogP contribution is -2.14. The second kappa shape index (κ2) is 7.58. The van der Waals surface area contributed by atoms with Crippen molar-refractivity contribution in [3.8, 4) is 0 Å². The number of rotatable bonds is 6. The molecule has 2 rings (SSSR count). The van der Waals surface area contributed by atoms with Crippen LogP contribution in [0.2, 0.25) is 0 Å². The van der Waals surface area contributed by atoms with Crippen LogP contribution in [0.3, 0.4) is 0 Å². The van der Waals surface area contributed by atoms with E-state index in [4.69, 9.17) is 5.11 Å². The zero-order valence-electron chi connectivity index (χ0n) is 12.8. The molecule has 1 N–H and O–H groups in total. The minimum Gasteiger partial charge on any atom is -0.478 e. The molecule has 1 aromatic rings. The van der Waals surface area contributed by atoms with Gasteiger partial charge in [-0.05, 0) is 55.2 Å². The van der Waals surface area contributed by atoms with Gasteiger partial charge in [-0.3, -0.25) is 0 Å². The number of hydrogen-bond donors (Lipinski definition) is 1. The summed E-state index contributed by atoms with van der Waals surface area (Å²) in [6.07, 6.45) is 9.88. The minimum atomic E-state index is -1.20. The van der Waals surface area contributed by atoms with Gasteiger partial charge in [-0.2, -0.15) is 0 Å². The normalized spacial score (nSPS) is 22.2. The SMILES string of the molecule is CCCCCC1CCC(c2ccc(C(=O)O)c(F)c2)CC1. The molecular weight excluding hydrogens is 267 g/mol. The van der Waals surface area contributed by atoms with Crippen molar-refractivity contribution >= 4 is 5.97 Å². The predicted molar refractivity (Wildman–Crippen MR) is 82.2 cm³/mol. The van der Waals surface area contributed by atoms with Crippen molar-refractivity contribution in [3.05, 3.63) is 35.1 Å². The molecule has 0 amide bonds. The van der Waals surface area contributed by atoms with Crippen molar-refractivity contribution in [1.82, 2.24) is 0 Å². The van der Waals surface area contributed by atoms with Crippen molar-refractivity contribution in [1.29, 1.82) is 0 Å². The molecule has 3 heteroatoms. The Balaban J connectivity index is 1.90. The second-order valence-electron chi connectivity index (χ2n) is 6.26. The molecule has 0 aromatic heterocycles. The average molecular weight is 292 g/mol. The number of hydrogen-bond acceptors (Lipinski definition) is 1. The molecule has 1 fully saturated rings. The first-order chi connectivity index (χ1) is 10.1. The smallest absolute Gasteiger partial charge is 0.338 e. The molecule has 21 heavy (non-hydrogen) atoms. The van der Waals surface area contributed by atoms with Gasteiger partial charge in [0.05, 0.1) is 5.56 Å². The van der Waals surface area contributed by atoms with Crippen LogP contribution < -0.4 is 0 Å². The van der Waals surface area contributed by atoms with E-state index in [0.717, 1.165) is 24.3 Å². The van der Waals surface area contributed by atoms with Gasteiger partial charge in [-0.15, -0.1) is 0 Å². The number of carbonyl (C=O) groups is 1. The summed E-state index contributed by atoms with van der Waals surface area (Å²) in [5.41, 5.74) is 0.733. The highest BCUT2D eigenvalue weighted by Gasteiger charge is 2.23. The molecule has 116 valence electrons. The number of carboxylic acid groups (broad SMARTS) is 1. The molecule has 0 saturated heterocycles. The zero-order chi connectivity index (χ0) is 15.2. The maximum atomic E-state index is 13.8. The molecule has 0 bridgehead atoms. The number of carboxylic acids is 1. The summed E-state index contributed by atoms with van der Waals surface area (Å²) in [5.74, 6) is -0.579. The maximum absolute atomic E-state index is 13.8. The lowest BCUT2D eigenvalue weighted by molar-refractivity contribution is 0.0692. The van der Waals surface area contributed by atoms with Gasteiger partial charge in [0.1, 0.15) is 5.82 Å². The van der Waals surface area contributed by atoms with Crippen molar-refractivity contribution in [2.45, 2.75) is 64.2 Å². The van der Waals surface area contributed by atoms with Crippen LogP contribution in [-0.2, 0) is 0 Å². The summed E-state index contributed by atoms with van der Waals surface area (Å²) in [6, 6.07) is 4.61. The predicted octanol–water partition coefficient (Wildman–Crippen LogP) is 5.38. The van der Waals surface area contributed by atoms with Gasteiger partial charge < -0.3 is 5.11 Å². The van der Waals surface area contributed by atoms with Crippen LogP contribution in [0, 0.1) is 11.7 Å². The first kappa shape index (κ1) is 16.0. The Labute approximate surface area is 126 Å². The summed E-state index contributed by atoms with van der Waals surface area (Å²) in [4.78, 5) is 10.8. The molecule has 0 heterocycles. The van der Waals surface area contributed by atoms with E-state index in [9.17, 15) is 9.18 Å². The van der Waals surface area contributed by atoms with E-state index < -0.39 is 11.8 Å². The Kier molecular flexibility index (Phi) is 5.77.